The molecule has 4 aliphatic rings. The molecule has 0 aromatic carbocycles. The third-order valence-electron chi connectivity index (χ3n) is 9.58. The first-order valence-corrected chi connectivity index (χ1v) is 15.1. The molecule has 3 fully saturated rings. The molecular weight excluding hydrogens is 542 g/mol. The number of hydrogen-bond acceptors (Lipinski definition) is 7. The number of alkyl halides is 4. The average molecular weight is 592 g/mol. The lowest BCUT2D eigenvalue weighted by Gasteiger charge is -2.49. The van der Waals surface area contributed by atoms with Gasteiger partial charge in [0.25, 0.3) is 0 Å². The van der Waals surface area contributed by atoms with Crippen molar-refractivity contribution >= 4 is 11.9 Å². The highest BCUT2D eigenvalue weighted by molar-refractivity contribution is 5.86. The number of carbonyl (C=O) groups is 1. The Labute approximate surface area is 241 Å². The summed E-state index contributed by atoms with van der Waals surface area (Å²) in [6, 6.07) is -1.17. The van der Waals surface area contributed by atoms with Gasteiger partial charge in [-0.25, -0.2) is 9.18 Å². The lowest BCUT2D eigenvalue weighted by Crippen LogP contribution is -2.61. The Balaban J connectivity index is 1.45. The van der Waals surface area contributed by atoms with Crippen LogP contribution in [0.1, 0.15) is 73.1 Å². The summed E-state index contributed by atoms with van der Waals surface area (Å²) >= 11 is 0. The highest BCUT2D eigenvalue weighted by Gasteiger charge is 2.53. The van der Waals surface area contributed by atoms with Crippen LogP contribution < -0.4 is 16.4 Å². The summed E-state index contributed by atoms with van der Waals surface area (Å²) in [5, 5.41) is 6.93. The predicted molar refractivity (Wildman–Crippen MR) is 149 cm³/mol. The molecule has 2 saturated carbocycles. The standard InChI is InChI=1S/C29H49F4N5O3/c1-15(19-11-18(34)12-22(25(19)30)29(31,32)33)35-26-21-13-20(24(40-6)14-23(21)36-16(2)37-26)17-7-9-38(10-8-17)27(39)41-28(3,4)5/h15-25,36H,7-14,34H2,1-6H3,(H,35,37). The van der Waals surface area contributed by atoms with Crippen LogP contribution in [-0.4, -0.2) is 85.4 Å². The van der Waals surface area contributed by atoms with Crippen molar-refractivity contribution in [2.24, 2.45) is 40.3 Å². The number of nitrogens with two attached hydrogens (primary N) is 1. The summed E-state index contributed by atoms with van der Waals surface area (Å²) in [5.41, 5.74) is 5.44. The minimum atomic E-state index is -4.62. The van der Waals surface area contributed by atoms with Crippen LogP contribution in [0.4, 0.5) is 22.4 Å². The molecule has 0 aromatic heterocycles. The summed E-state index contributed by atoms with van der Waals surface area (Å²) in [6.07, 6.45) is -4.03. The van der Waals surface area contributed by atoms with Crippen molar-refractivity contribution < 1.29 is 31.8 Å². The van der Waals surface area contributed by atoms with Crippen LogP contribution in [0.2, 0.25) is 0 Å². The zero-order chi connectivity index (χ0) is 30.3. The van der Waals surface area contributed by atoms with Gasteiger partial charge in [-0.1, -0.05) is 0 Å². The van der Waals surface area contributed by atoms with E-state index in [4.69, 9.17) is 20.2 Å². The van der Waals surface area contributed by atoms with Gasteiger partial charge in [-0.15, -0.1) is 0 Å². The number of halogens is 4. The first kappa shape index (κ1) is 32.3. The molecule has 2 aliphatic carbocycles. The van der Waals surface area contributed by atoms with Crippen molar-refractivity contribution in [3.05, 3.63) is 0 Å². The van der Waals surface area contributed by atoms with E-state index in [1.807, 2.05) is 27.7 Å². The van der Waals surface area contributed by atoms with Gasteiger partial charge in [0.2, 0.25) is 0 Å². The summed E-state index contributed by atoms with van der Waals surface area (Å²) in [6.45, 7) is 10.5. The van der Waals surface area contributed by atoms with Gasteiger partial charge in [0.05, 0.1) is 18.2 Å². The molecule has 0 radical (unpaired) electrons. The largest absolute Gasteiger partial charge is 0.444 e. The van der Waals surface area contributed by atoms with Gasteiger partial charge in [0.1, 0.15) is 17.6 Å². The Morgan fingerprint density at radius 3 is 2.39 bits per heavy atom. The number of amides is 1. The molecule has 0 spiro atoms. The summed E-state index contributed by atoms with van der Waals surface area (Å²) in [5.74, 6) is -1.60. The lowest BCUT2D eigenvalue weighted by molar-refractivity contribution is -0.207. The van der Waals surface area contributed by atoms with Crippen LogP contribution in [0, 0.1) is 29.6 Å². The second-order valence-electron chi connectivity index (χ2n) is 13.7. The molecule has 41 heavy (non-hydrogen) atoms. The van der Waals surface area contributed by atoms with Crippen molar-refractivity contribution in [3.8, 4) is 0 Å². The number of piperidine rings is 1. The molecule has 10 unspecified atom stereocenters. The Morgan fingerprint density at radius 2 is 1.80 bits per heavy atom. The quantitative estimate of drug-likeness (QED) is 0.413. The van der Waals surface area contributed by atoms with Crippen LogP contribution in [0.5, 0.6) is 0 Å². The Hall–Kier alpha value is -1.66. The maximum absolute atomic E-state index is 15.3. The van der Waals surface area contributed by atoms with Crippen molar-refractivity contribution in [2.75, 3.05) is 20.2 Å². The number of fused-ring (bicyclic) bond motifs is 1. The molecule has 0 aromatic rings. The van der Waals surface area contributed by atoms with E-state index in [2.05, 4.69) is 10.6 Å². The Bertz CT molecular complexity index is 936. The van der Waals surface area contributed by atoms with E-state index in [1.54, 1.807) is 18.9 Å². The van der Waals surface area contributed by atoms with Crippen LogP contribution in [0.3, 0.4) is 0 Å². The van der Waals surface area contributed by atoms with Gasteiger partial charge < -0.3 is 25.4 Å². The minimum absolute atomic E-state index is 0.00248. The number of likely N-dealkylation sites (tertiary alicyclic amines) is 1. The molecule has 12 heteroatoms. The Kier molecular flexibility index (Phi) is 9.85. The van der Waals surface area contributed by atoms with Crippen molar-refractivity contribution in [2.45, 2.75) is 121 Å². The average Bonchev–Trinajstić information content (AvgIpc) is 2.87. The fourth-order valence-electron chi connectivity index (χ4n) is 7.55. The fraction of sp³-hybridized carbons (Fsp3) is 0.931. The maximum atomic E-state index is 15.3. The van der Waals surface area contributed by atoms with Crippen LogP contribution in [0.15, 0.2) is 4.99 Å². The molecule has 4 rings (SSSR count). The van der Waals surface area contributed by atoms with Gasteiger partial charge in [-0.3, -0.25) is 10.3 Å². The second-order valence-corrected chi connectivity index (χ2v) is 13.7. The van der Waals surface area contributed by atoms with Gasteiger partial charge in [-0.2, -0.15) is 13.2 Å². The van der Waals surface area contributed by atoms with Crippen molar-refractivity contribution in [1.29, 1.82) is 0 Å². The molecule has 236 valence electrons. The van der Waals surface area contributed by atoms with Crippen LogP contribution >= 0.6 is 0 Å². The maximum Gasteiger partial charge on any atom is 0.410 e. The number of amidine groups is 1. The van der Waals surface area contributed by atoms with Crippen molar-refractivity contribution in [1.82, 2.24) is 15.5 Å². The second kappa shape index (κ2) is 12.5. The van der Waals surface area contributed by atoms with Crippen LogP contribution in [-0.2, 0) is 9.47 Å². The van der Waals surface area contributed by atoms with Crippen molar-refractivity contribution in [3.63, 3.8) is 0 Å². The summed E-state index contributed by atoms with van der Waals surface area (Å²) in [4.78, 5) is 19.2. The van der Waals surface area contributed by atoms with E-state index < -0.39 is 41.9 Å². The number of aliphatic imine (C=N–C) groups is 1. The normalized spacial score (nSPS) is 38.1. The van der Waals surface area contributed by atoms with Gasteiger partial charge in [0.15, 0.2) is 0 Å². The number of nitrogens with one attached hydrogen (secondary N) is 2. The number of ether oxygens (including phenoxy) is 2. The zero-order valence-corrected chi connectivity index (χ0v) is 25.2. The SMILES string of the molecule is COC1CC2NC(C)N=C(NC(C)C3CC(N)CC(C(F)(F)F)C3F)C2CC1C1CCN(C(=O)OC(C)(C)C)CC1. The topological polar surface area (TPSA) is 101 Å². The number of hydrogen-bond donors (Lipinski definition) is 3. The van der Waals surface area contributed by atoms with E-state index in [1.165, 1.54) is 0 Å². The number of methoxy groups -OCH3 is 1. The highest BCUT2D eigenvalue weighted by atomic mass is 19.4. The van der Waals surface area contributed by atoms with E-state index in [-0.39, 0.29) is 49.1 Å². The predicted octanol–water partition coefficient (Wildman–Crippen LogP) is 4.62. The van der Waals surface area contributed by atoms with E-state index >= 15 is 4.39 Å². The minimum Gasteiger partial charge on any atom is -0.444 e. The summed E-state index contributed by atoms with van der Waals surface area (Å²) < 4.78 is 67.5. The third kappa shape index (κ3) is 7.65. The molecule has 1 amide bonds. The fourth-order valence-corrected chi connectivity index (χ4v) is 7.55. The molecule has 10 atom stereocenters. The van der Waals surface area contributed by atoms with Crippen LogP contribution in [0.25, 0.3) is 0 Å². The zero-order valence-electron chi connectivity index (χ0n) is 25.2. The van der Waals surface area contributed by atoms with E-state index in [0.29, 0.717) is 19.0 Å². The molecule has 0 bridgehead atoms. The molecule has 2 heterocycles. The van der Waals surface area contributed by atoms with E-state index in [9.17, 15) is 18.0 Å². The first-order chi connectivity index (χ1) is 19.1. The molecule has 1 saturated heterocycles. The Morgan fingerprint density at radius 1 is 1.15 bits per heavy atom. The van der Waals surface area contributed by atoms with E-state index in [0.717, 1.165) is 31.5 Å². The monoisotopic (exact) mass is 591 g/mol. The van der Waals surface area contributed by atoms with Gasteiger partial charge in [0, 0.05) is 50.2 Å². The molecule has 4 N–H and O–H groups in total. The smallest absolute Gasteiger partial charge is 0.410 e. The third-order valence-corrected chi connectivity index (χ3v) is 9.58. The highest BCUT2D eigenvalue weighted by Crippen LogP contribution is 2.44. The number of rotatable bonds is 4. The summed E-state index contributed by atoms with van der Waals surface area (Å²) in [7, 11) is 1.74. The lowest BCUT2D eigenvalue weighted by atomic mass is 9.67. The molecule has 2 aliphatic heterocycles. The number of nitrogens with zero attached hydrogens (tertiary/aromatic N) is 2. The first-order valence-electron chi connectivity index (χ1n) is 15.1. The van der Waals surface area contributed by atoms with Gasteiger partial charge >= 0.3 is 12.3 Å². The molecular formula is C29H49F4N5O3. The number of carbonyl (C=O) groups excluding carboxylic acids is 1. The molecule has 8 nitrogen and oxygen atoms in total. The van der Waals surface area contributed by atoms with Gasteiger partial charge in [-0.05, 0) is 85.0 Å².